The van der Waals surface area contributed by atoms with E-state index in [-0.39, 0.29) is 13.2 Å². The number of ether oxygens (including phenoxy) is 1. The predicted octanol–water partition coefficient (Wildman–Crippen LogP) is 5.44. The van der Waals surface area contributed by atoms with Gasteiger partial charge in [-0.2, -0.15) is 0 Å². The lowest BCUT2D eigenvalue weighted by Crippen LogP contribution is -2.34. The molecule has 0 bridgehead atoms. The van der Waals surface area contributed by atoms with Gasteiger partial charge in [0.05, 0.1) is 11.5 Å². The van der Waals surface area contributed by atoms with Crippen molar-refractivity contribution in [3.8, 4) is 0 Å². The molecule has 5 rings (SSSR count). The van der Waals surface area contributed by atoms with Crippen LogP contribution in [0.2, 0.25) is 0 Å². The van der Waals surface area contributed by atoms with Crippen LogP contribution in [-0.4, -0.2) is 39.7 Å². The van der Waals surface area contributed by atoms with Crippen LogP contribution in [0, 0.1) is 0 Å². The standard InChI is InChI=1S/C27H22N2O4S/c1-2-33-25(30)17-29-26(31)24(34-27(29)32)14-20-16-28(23-13-6-5-12-22(20)23)15-19-10-7-9-18-8-3-4-11-21(18)19/h3-14,16H,2,15,17H2,1H3/b24-14+. The first-order chi connectivity index (χ1) is 16.5. The van der Waals surface area contributed by atoms with Gasteiger partial charge in [-0.05, 0) is 47.2 Å². The van der Waals surface area contributed by atoms with E-state index in [0.29, 0.717) is 11.4 Å². The van der Waals surface area contributed by atoms with Gasteiger partial charge in [0.1, 0.15) is 6.54 Å². The molecule has 34 heavy (non-hydrogen) atoms. The summed E-state index contributed by atoms with van der Waals surface area (Å²) >= 11 is 0.842. The highest BCUT2D eigenvalue weighted by Gasteiger charge is 2.36. The zero-order chi connectivity index (χ0) is 23.7. The number of imide groups is 1. The number of amides is 2. The summed E-state index contributed by atoms with van der Waals surface area (Å²) in [5.74, 6) is -1.08. The molecule has 6 nitrogen and oxygen atoms in total. The second-order valence-corrected chi connectivity index (χ2v) is 8.93. The SMILES string of the molecule is CCOC(=O)CN1C(=O)S/C(=C/c2cn(Cc3cccc4ccccc34)c3ccccc23)C1=O. The molecule has 0 atom stereocenters. The first-order valence-corrected chi connectivity index (χ1v) is 11.8. The summed E-state index contributed by atoms with van der Waals surface area (Å²) in [6.45, 7) is 2.17. The van der Waals surface area contributed by atoms with Crippen LogP contribution in [0.25, 0.3) is 27.8 Å². The molecule has 1 aliphatic heterocycles. The van der Waals surface area contributed by atoms with Crippen molar-refractivity contribution >= 4 is 56.6 Å². The first kappa shape index (κ1) is 22.0. The number of thioether (sulfide) groups is 1. The minimum atomic E-state index is -0.599. The number of hydrogen-bond donors (Lipinski definition) is 0. The van der Waals surface area contributed by atoms with Crippen LogP contribution in [0.4, 0.5) is 4.79 Å². The van der Waals surface area contributed by atoms with E-state index in [4.69, 9.17) is 4.74 Å². The number of carbonyl (C=O) groups excluding carboxylic acids is 3. The van der Waals surface area contributed by atoms with Crippen molar-refractivity contribution in [2.75, 3.05) is 13.2 Å². The Morgan fingerprint density at radius 2 is 1.71 bits per heavy atom. The summed E-state index contributed by atoms with van der Waals surface area (Å²) in [6.07, 6.45) is 3.74. The summed E-state index contributed by atoms with van der Waals surface area (Å²) in [5, 5.41) is 2.90. The van der Waals surface area contributed by atoms with Gasteiger partial charge in [-0.1, -0.05) is 60.7 Å². The van der Waals surface area contributed by atoms with Crippen molar-refractivity contribution in [3.05, 3.63) is 89.0 Å². The van der Waals surface area contributed by atoms with Gasteiger partial charge in [0.15, 0.2) is 0 Å². The smallest absolute Gasteiger partial charge is 0.326 e. The maximum atomic E-state index is 12.8. The number of carbonyl (C=O) groups is 3. The molecule has 1 fully saturated rings. The van der Waals surface area contributed by atoms with Crippen LogP contribution in [0.3, 0.4) is 0 Å². The molecular weight excluding hydrogens is 448 g/mol. The van der Waals surface area contributed by atoms with Crippen molar-refractivity contribution in [1.29, 1.82) is 0 Å². The van der Waals surface area contributed by atoms with Crippen LogP contribution in [-0.2, 0) is 20.9 Å². The van der Waals surface area contributed by atoms with Gasteiger partial charge in [0.25, 0.3) is 11.1 Å². The van der Waals surface area contributed by atoms with Gasteiger partial charge < -0.3 is 9.30 Å². The summed E-state index contributed by atoms with van der Waals surface area (Å²) in [4.78, 5) is 38.2. The number of rotatable bonds is 6. The van der Waals surface area contributed by atoms with E-state index in [1.54, 1.807) is 13.0 Å². The Morgan fingerprint density at radius 3 is 2.53 bits per heavy atom. The van der Waals surface area contributed by atoms with Crippen LogP contribution in [0.5, 0.6) is 0 Å². The van der Waals surface area contributed by atoms with Gasteiger partial charge in [-0.3, -0.25) is 19.3 Å². The molecule has 170 valence electrons. The third-order valence-corrected chi connectivity index (χ3v) is 6.70. The Kier molecular flexibility index (Phi) is 5.94. The summed E-state index contributed by atoms with van der Waals surface area (Å²) in [6, 6.07) is 22.6. The van der Waals surface area contributed by atoms with Crippen molar-refractivity contribution in [1.82, 2.24) is 9.47 Å². The van der Waals surface area contributed by atoms with E-state index in [1.807, 2.05) is 42.6 Å². The number of hydrogen-bond acceptors (Lipinski definition) is 5. The number of aromatic nitrogens is 1. The van der Waals surface area contributed by atoms with E-state index in [0.717, 1.165) is 33.1 Å². The fourth-order valence-corrected chi connectivity index (χ4v) is 5.08. The van der Waals surface area contributed by atoms with E-state index in [2.05, 4.69) is 34.9 Å². The minimum absolute atomic E-state index is 0.196. The third kappa shape index (κ3) is 4.10. The van der Waals surface area contributed by atoms with Crippen molar-refractivity contribution in [2.24, 2.45) is 0 Å². The molecule has 1 aliphatic rings. The lowest BCUT2D eigenvalue weighted by atomic mass is 10.0. The second-order valence-electron chi connectivity index (χ2n) is 7.94. The summed E-state index contributed by atoms with van der Waals surface area (Å²) in [7, 11) is 0. The maximum absolute atomic E-state index is 12.8. The molecule has 0 aliphatic carbocycles. The molecule has 3 aromatic carbocycles. The molecule has 0 radical (unpaired) electrons. The third-order valence-electron chi connectivity index (χ3n) is 5.79. The van der Waals surface area contributed by atoms with Crippen molar-refractivity contribution < 1.29 is 19.1 Å². The van der Waals surface area contributed by atoms with E-state index in [1.165, 1.54) is 16.3 Å². The number of benzene rings is 3. The molecule has 0 spiro atoms. The average molecular weight is 471 g/mol. The molecule has 2 heterocycles. The fourth-order valence-electron chi connectivity index (χ4n) is 4.25. The van der Waals surface area contributed by atoms with Crippen LogP contribution in [0.1, 0.15) is 18.1 Å². The number of nitrogens with zero attached hydrogens (tertiary/aromatic N) is 2. The first-order valence-electron chi connectivity index (χ1n) is 11.0. The molecule has 2 amide bonds. The van der Waals surface area contributed by atoms with Crippen LogP contribution in [0.15, 0.2) is 77.8 Å². The van der Waals surface area contributed by atoms with Crippen LogP contribution >= 0.6 is 11.8 Å². The van der Waals surface area contributed by atoms with E-state index >= 15 is 0 Å². The summed E-state index contributed by atoms with van der Waals surface area (Å²) < 4.78 is 7.04. The molecule has 0 saturated carbocycles. The lowest BCUT2D eigenvalue weighted by molar-refractivity contribution is -0.145. The number of esters is 1. The normalized spacial score (nSPS) is 15.1. The molecule has 0 unspecified atom stereocenters. The minimum Gasteiger partial charge on any atom is -0.465 e. The van der Waals surface area contributed by atoms with E-state index in [9.17, 15) is 14.4 Å². The highest BCUT2D eigenvalue weighted by atomic mass is 32.2. The van der Waals surface area contributed by atoms with Crippen molar-refractivity contribution in [2.45, 2.75) is 13.5 Å². The Morgan fingerprint density at radius 1 is 0.971 bits per heavy atom. The van der Waals surface area contributed by atoms with Gasteiger partial charge in [-0.25, -0.2) is 0 Å². The number of fused-ring (bicyclic) bond motifs is 2. The van der Waals surface area contributed by atoms with Crippen LogP contribution < -0.4 is 0 Å². The molecule has 4 aromatic rings. The largest absolute Gasteiger partial charge is 0.465 e. The zero-order valence-electron chi connectivity index (χ0n) is 18.6. The van der Waals surface area contributed by atoms with Gasteiger partial charge in [0, 0.05) is 29.2 Å². The Hall–Kier alpha value is -3.84. The Labute approximate surface area is 200 Å². The van der Waals surface area contributed by atoms with Gasteiger partial charge in [-0.15, -0.1) is 0 Å². The highest BCUT2D eigenvalue weighted by Crippen LogP contribution is 2.34. The summed E-state index contributed by atoms with van der Waals surface area (Å²) in [5.41, 5.74) is 3.07. The maximum Gasteiger partial charge on any atom is 0.326 e. The van der Waals surface area contributed by atoms with Gasteiger partial charge in [0.2, 0.25) is 0 Å². The molecular formula is C27H22N2O4S. The molecule has 7 heteroatoms. The Balaban J connectivity index is 1.50. The van der Waals surface area contributed by atoms with E-state index < -0.39 is 17.1 Å². The van der Waals surface area contributed by atoms with Crippen molar-refractivity contribution in [3.63, 3.8) is 0 Å². The highest BCUT2D eigenvalue weighted by molar-refractivity contribution is 8.18. The second kappa shape index (κ2) is 9.19. The lowest BCUT2D eigenvalue weighted by Gasteiger charge is -2.10. The quantitative estimate of drug-likeness (QED) is 0.277. The Bertz CT molecular complexity index is 1460. The topological polar surface area (TPSA) is 68.6 Å². The molecule has 1 saturated heterocycles. The monoisotopic (exact) mass is 470 g/mol. The molecule has 0 N–H and O–H groups in total. The number of para-hydroxylation sites is 1. The zero-order valence-corrected chi connectivity index (χ0v) is 19.4. The fraction of sp³-hybridized carbons (Fsp3) is 0.148. The average Bonchev–Trinajstić information content (AvgIpc) is 3.31. The predicted molar refractivity (Wildman–Crippen MR) is 134 cm³/mol. The van der Waals surface area contributed by atoms with Gasteiger partial charge >= 0.3 is 5.97 Å². The molecule has 1 aromatic heterocycles.